The van der Waals surface area contributed by atoms with Crippen LogP contribution in [0.25, 0.3) is 22.3 Å². The molecular formula is C35H24N8+2. The van der Waals surface area contributed by atoms with E-state index in [1.807, 2.05) is 79.1 Å². The largest absolute Gasteiger partial charge is 0.490 e. The first kappa shape index (κ1) is 23.8. The molecule has 3 aliphatic rings. The van der Waals surface area contributed by atoms with Crippen LogP contribution in [-0.4, -0.2) is 52.3 Å². The molecule has 202 valence electrons. The van der Waals surface area contributed by atoms with Gasteiger partial charge in [0.15, 0.2) is 7.05 Å². The summed E-state index contributed by atoms with van der Waals surface area (Å²) in [6.07, 6.45) is 13.3. The first-order valence-electron chi connectivity index (χ1n) is 14.1. The molecule has 0 fully saturated rings. The van der Waals surface area contributed by atoms with Crippen molar-refractivity contribution in [2.75, 3.05) is 7.05 Å². The number of aromatic nitrogens is 6. The zero-order chi connectivity index (χ0) is 28.6. The van der Waals surface area contributed by atoms with Crippen LogP contribution >= 0.6 is 0 Å². The van der Waals surface area contributed by atoms with Gasteiger partial charge in [0.2, 0.25) is 12.4 Å². The summed E-state index contributed by atoms with van der Waals surface area (Å²) >= 11 is 0. The second-order valence-corrected chi connectivity index (χ2v) is 11.0. The zero-order valence-corrected chi connectivity index (χ0v) is 23.2. The van der Waals surface area contributed by atoms with Gasteiger partial charge in [0.25, 0.3) is 5.54 Å². The van der Waals surface area contributed by atoms with E-state index in [4.69, 9.17) is 19.9 Å². The van der Waals surface area contributed by atoms with Crippen molar-refractivity contribution in [1.29, 1.82) is 0 Å². The molecule has 8 heteroatoms. The maximum absolute atomic E-state index is 5.02. The van der Waals surface area contributed by atoms with Crippen molar-refractivity contribution in [2.24, 2.45) is 0 Å². The molecule has 0 radical (unpaired) electrons. The van der Waals surface area contributed by atoms with E-state index in [9.17, 15) is 0 Å². The number of hydrogen-bond donors (Lipinski definition) is 1. The van der Waals surface area contributed by atoms with Crippen LogP contribution in [0.4, 0.5) is 0 Å². The fourth-order valence-corrected chi connectivity index (χ4v) is 7.25. The number of hydrogen-bond acceptors (Lipinski definition) is 5. The molecule has 0 saturated carbocycles. The van der Waals surface area contributed by atoms with Crippen molar-refractivity contribution < 1.29 is 9.15 Å². The number of H-pyrrole nitrogens is 1. The predicted octanol–water partition coefficient (Wildman–Crippen LogP) is 4.94. The molecule has 0 unspecified atom stereocenters. The van der Waals surface area contributed by atoms with Crippen LogP contribution in [0.2, 0.25) is 0 Å². The Labute approximate surface area is 247 Å². The summed E-state index contributed by atoms with van der Waals surface area (Å²) in [5, 5.41) is 7.69. The minimum Gasteiger partial charge on any atom is -0.281 e. The van der Waals surface area contributed by atoms with Gasteiger partial charge in [0.1, 0.15) is 16.8 Å². The van der Waals surface area contributed by atoms with Crippen LogP contribution in [0.1, 0.15) is 39.6 Å². The van der Waals surface area contributed by atoms with Crippen LogP contribution < -0.4 is 0 Å². The highest BCUT2D eigenvalue weighted by Crippen LogP contribution is 2.56. The smallest absolute Gasteiger partial charge is 0.281 e. The summed E-state index contributed by atoms with van der Waals surface area (Å²) in [4.78, 5) is 20.1. The topological polar surface area (TPSA) is 86.3 Å². The van der Waals surface area contributed by atoms with Crippen LogP contribution in [-0.2, 0) is 11.0 Å². The van der Waals surface area contributed by atoms with E-state index in [0.29, 0.717) is 0 Å². The second-order valence-electron chi connectivity index (χ2n) is 11.0. The number of fused-ring (bicyclic) bond motifs is 6. The Balaban J connectivity index is 1.41. The van der Waals surface area contributed by atoms with Crippen LogP contribution in [0.5, 0.6) is 0 Å². The number of nitrogens with one attached hydrogen (secondary N) is 1. The zero-order valence-electron chi connectivity index (χ0n) is 23.2. The molecule has 6 aromatic rings. The highest BCUT2D eigenvalue weighted by Gasteiger charge is 2.59. The van der Waals surface area contributed by atoms with E-state index in [1.54, 1.807) is 6.20 Å². The molecule has 0 saturated heterocycles. The first-order chi connectivity index (χ1) is 21.2. The van der Waals surface area contributed by atoms with E-state index < -0.39 is 11.0 Å². The third-order valence-electron chi connectivity index (χ3n) is 8.89. The lowest BCUT2D eigenvalue weighted by Gasteiger charge is -2.31. The minimum atomic E-state index is -0.863. The molecule has 9 rings (SSSR count). The highest BCUT2D eigenvalue weighted by molar-refractivity contribution is 5.83. The van der Waals surface area contributed by atoms with Gasteiger partial charge in [0.05, 0.1) is 17.1 Å². The van der Waals surface area contributed by atoms with Crippen LogP contribution in [0.15, 0.2) is 122 Å². The summed E-state index contributed by atoms with van der Waals surface area (Å²) in [6, 6.07) is 30.7. The maximum Gasteiger partial charge on any atom is 0.490 e. The van der Waals surface area contributed by atoms with Crippen molar-refractivity contribution >= 4 is 6.01 Å². The molecule has 1 N–H and O–H groups in total. The molecule has 2 aliphatic carbocycles. The fraction of sp³-hybridized carbons (Fsp3) is 0.0857. The van der Waals surface area contributed by atoms with Gasteiger partial charge < -0.3 is 0 Å². The highest BCUT2D eigenvalue weighted by atomic mass is 15.2. The average molecular weight is 557 g/mol. The van der Waals surface area contributed by atoms with E-state index >= 15 is 0 Å². The Morgan fingerprint density at radius 1 is 0.605 bits per heavy atom. The van der Waals surface area contributed by atoms with Crippen molar-refractivity contribution in [1.82, 2.24) is 30.1 Å². The molecule has 0 atom stereocenters. The maximum atomic E-state index is 5.02. The monoisotopic (exact) mass is 556 g/mol. The van der Waals surface area contributed by atoms with Gasteiger partial charge in [-0.15, -0.1) is 0 Å². The van der Waals surface area contributed by atoms with E-state index in [0.717, 1.165) is 61.9 Å². The Kier molecular flexibility index (Phi) is 4.75. The second kappa shape index (κ2) is 8.58. The normalized spacial score (nSPS) is 16.2. The van der Waals surface area contributed by atoms with E-state index in [1.165, 1.54) is 0 Å². The van der Waals surface area contributed by atoms with Gasteiger partial charge in [-0.1, -0.05) is 51.6 Å². The van der Waals surface area contributed by atoms with Gasteiger partial charge in [-0.2, -0.15) is 5.10 Å². The van der Waals surface area contributed by atoms with Gasteiger partial charge in [-0.3, -0.25) is 25.0 Å². The summed E-state index contributed by atoms with van der Waals surface area (Å²) in [5.74, 6) is 0. The summed E-state index contributed by atoms with van der Waals surface area (Å²) in [5.41, 5.74) is 9.15. The number of pyridine rings is 4. The van der Waals surface area contributed by atoms with E-state index in [2.05, 4.69) is 69.3 Å². The third-order valence-corrected chi connectivity index (χ3v) is 8.89. The standard InChI is InChI=1S/C35H24N8/c1-42-19-20-43(22-42)35(32-27(11-5-16-38-32)28-12-6-17-39-33(28)35)24-8-2-7-23(21-24)34(29-13-18-40-41-29)30-25(9-3-14-36-30)26-10-4-15-37-31(26)34/h2-21H,1H3,(H,40,41)/q+2. The number of benzene rings is 1. The Morgan fingerprint density at radius 3 is 1.70 bits per heavy atom. The molecule has 1 aromatic carbocycles. The van der Waals surface area contributed by atoms with Gasteiger partial charge >= 0.3 is 6.01 Å². The SMILES string of the molecule is C[N+]1=C=[N+](C2(c3cccc(C4(c5ccn[nH]5)c5ncccc5-c5cccnc54)c3)c3ncccc3-c3cccnc32)C=C1. The molecule has 1 aliphatic heterocycles. The minimum absolute atomic E-state index is 0.815. The third kappa shape index (κ3) is 2.92. The van der Waals surface area contributed by atoms with Gasteiger partial charge in [0, 0.05) is 58.8 Å². The lowest BCUT2D eigenvalue weighted by atomic mass is 9.72. The lowest BCUT2D eigenvalue weighted by Crippen LogP contribution is -2.39. The predicted molar refractivity (Wildman–Crippen MR) is 159 cm³/mol. The van der Waals surface area contributed by atoms with Gasteiger partial charge in [-0.25, -0.2) is 0 Å². The van der Waals surface area contributed by atoms with Gasteiger partial charge in [-0.05, 0) is 42.0 Å². The van der Waals surface area contributed by atoms with E-state index in [-0.39, 0.29) is 0 Å². The van der Waals surface area contributed by atoms with Crippen LogP contribution in [0, 0.1) is 0 Å². The van der Waals surface area contributed by atoms with Crippen molar-refractivity contribution in [3.8, 4) is 22.3 Å². The fourth-order valence-electron chi connectivity index (χ4n) is 7.25. The Morgan fingerprint density at radius 2 is 1.16 bits per heavy atom. The average Bonchev–Trinajstić information content (AvgIpc) is 3.85. The number of nitrogens with zero attached hydrogens (tertiary/aromatic N) is 7. The number of rotatable bonds is 4. The first-order valence-corrected chi connectivity index (χ1v) is 14.1. The molecule has 0 spiro atoms. The van der Waals surface area contributed by atoms with Crippen LogP contribution in [0.3, 0.4) is 0 Å². The number of aromatic amines is 1. The lowest BCUT2D eigenvalue weighted by molar-refractivity contribution is -0.534. The van der Waals surface area contributed by atoms with Crippen molar-refractivity contribution in [3.05, 3.63) is 162 Å². The quantitative estimate of drug-likeness (QED) is 0.311. The molecule has 8 nitrogen and oxygen atoms in total. The van der Waals surface area contributed by atoms with Crippen molar-refractivity contribution in [3.63, 3.8) is 0 Å². The Hall–Kier alpha value is -5.85. The molecule has 43 heavy (non-hydrogen) atoms. The molecule has 0 bridgehead atoms. The summed E-state index contributed by atoms with van der Waals surface area (Å²) in [6.45, 7) is 0. The summed E-state index contributed by atoms with van der Waals surface area (Å²) < 4.78 is 4.03. The molecule has 0 amide bonds. The Bertz CT molecular complexity index is 2110. The molecule has 5 aromatic heterocycles. The molecule has 6 heterocycles. The summed E-state index contributed by atoms with van der Waals surface area (Å²) in [7, 11) is 1.98. The molecular weight excluding hydrogens is 532 g/mol. The van der Waals surface area contributed by atoms with Crippen molar-refractivity contribution in [2.45, 2.75) is 11.0 Å².